The SMILES string of the molecule is Cc1nn(C)cc1C(C)NC(=O)C1CCCNC1.Cl. The summed E-state index contributed by atoms with van der Waals surface area (Å²) in [7, 11) is 1.90. The van der Waals surface area contributed by atoms with Crippen LogP contribution in [0, 0.1) is 12.8 Å². The molecule has 0 aromatic carbocycles. The van der Waals surface area contributed by atoms with Crippen LogP contribution < -0.4 is 10.6 Å². The van der Waals surface area contributed by atoms with Crippen LogP contribution in [0.2, 0.25) is 0 Å². The normalized spacial score (nSPS) is 20.5. The van der Waals surface area contributed by atoms with E-state index in [0.29, 0.717) is 0 Å². The molecule has 1 fully saturated rings. The molecular formula is C13H23ClN4O. The second-order valence-electron chi connectivity index (χ2n) is 5.12. The van der Waals surface area contributed by atoms with E-state index in [4.69, 9.17) is 0 Å². The molecule has 2 rings (SSSR count). The Morgan fingerprint density at radius 3 is 2.89 bits per heavy atom. The van der Waals surface area contributed by atoms with Crippen molar-refractivity contribution < 1.29 is 4.79 Å². The summed E-state index contributed by atoms with van der Waals surface area (Å²) in [5.74, 6) is 0.260. The summed E-state index contributed by atoms with van der Waals surface area (Å²) >= 11 is 0. The third-order valence-electron chi connectivity index (χ3n) is 3.54. The van der Waals surface area contributed by atoms with Crippen LogP contribution in [-0.2, 0) is 11.8 Å². The average molecular weight is 287 g/mol. The van der Waals surface area contributed by atoms with Gasteiger partial charge >= 0.3 is 0 Å². The minimum atomic E-state index is 0. The van der Waals surface area contributed by atoms with Crippen molar-refractivity contribution in [2.45, 2.75) is 32.7 Å². The summed E-state index contributed by atoms with van der Waals surface area (Å²) in [5, 5.41) is 10.7. The molecule has 5 nitrogen and oxygen atoms in total. The van der Waals surface area contributed by atoms with Crippen molar-refractivity contribution in [1.82, 2.24) is 20.4 Å². The number of amides is 1. The van der Waals surface area contributed by atoms with E-state index in [-0.39, 0.29) is 30.3 Å². The number of rotatable bonds is 3. The third kappa shape index (κ3) is 3.94. The molecule has 1 aliphatic heterocycles. The van der Waals surface area contributed by atoms with Crippen LogP contribution in [0.25, 0.3) is 0 Å². The van der Waals surface area contributed by atoms with Gasteiger partial charge in [-0.3, -0.25) is 9.48 Å². The lowest BCUT2D eigenvalue weighted by molar-refractivity contribution is -0.126. The molecule has 0 bridgehead atoms. The fourth-order valence-electron chi connectivity index (χ4n) is 2.53. The summed E-state index contributed by atoms with van der Waals surface area (Å²) < 4.78 is 1.79. The van der Waals surface area contributed by atoms with Crippen molar-refractivity contribution in [2.24, 2.45) is 13.0 Å². The highest BCUT2D eigenvalue weighted by atomic mass is 35.5. The zero-order valence-corrected chi connectivity index (χ0v) is 12.6. The van der Waals surface area contributed by atoms with Gasteiger partial charge in [-0.2, -0.15) is 5.10 Å². The van der Waals surface area contributed by atoms with Gasteiger partial charge in [0.2, 0.25) is 5.91 Å². The maximum absolute atomic E-state index is 12.1. The van der Waals surface area contributed by atoms with Gasteiger partial charge in [-0.05, 0) is 33.2 Å². The number of carbonyl (C=O) groups is 1. The highest BCUT2D eigenvalue weighted by Crippen LogP contribution is 2.17. The molecule has 0 radical (unpaired) electrons. The maximum Gasteiger partial charge on any atom is 0.224 e. The molecule has 2 N–H and O–H groups in total. The number of aryl methyl sites for hydroxylation is 2. The predicted molar refractivity (Wildman–Crippen MR) is 77.3 cm³/mol. The molecule has 0 saturated carbocycles. The van der Waals surface area contributed by atoms with Crippen LogP contribution in [0.1, 0.15) is 37.1 Å². The van der Waals surface area contributed by atoms with Crippen LogP contribution in [-0.4, -0.2) is 28.8 Å². The smallest absolute Gasteiger partial charge is 0.224 e. The number of hydrogen-bond acceptors (Lipinski definition) is 3. The summed E-state index contributed by atoms with van der Waals surface area (Å²) in [6.45, 7) is 5.81. The second kappa shape index (κ2) is 6.91. The van der Waals surface area contributed by atoms with Crippen molar-refractivity contribution in [3.8, 4) is 0 Å². The number of aromatic nitrogens is 2. The molecule has 1 aromatic rings. The fourth-order valence-corrected chi connectivity index (χ4v) is 2.53. The van der Waals surface area contributed by atoms with Gasteiger partial charge in [0.1, 0.15) is 0 Å². The first-order valence-electron chi connectivity index (χ1n) is 6.59. The molecule has 1 aliphatic rings. The molecule has 1 saturated heterocycles. The van der Waals surface area contributed by atoms with Gasteiger partial charge in [0, 0.05) is 25.4 Å². The first-order valence-corrected chi connectivity index (χ1v) is 6.59. The minimum Gasteiger partial charge on any atom is -0.349 e. The topological polar surface area (TPSA) is 59.0 Å². The van der Waals surface area contributed by atoms with Gasteiger partial charge in [0.25, 0.3) is 0 Å². The molecule has 19 heavy (non-hydrogen) atoms. The fraction of sp³-hybridized carbons (Fsp3) is 0.692. The number of carbonyl (C=O) groups excluding carboxylic acids is 1. The van der Waals surface area contributed by atoms with Crippen LogP contribution in [0.15, 0.2) is 6.20 Å². The van der Waals surface area contributed by atoms with E-state index in [0.717, 1.165) is 37.2 Å². The van der Waals surface area contributed by atoms with Gasteiger partial charge in [0.05, 0.1) is 17.7 Å². The maximum atomic E-state index is 12.1. The van der Waals surface area contributed by atoms with E-state index in [9.17, 15) is 4.79 Å². The van der Waals surface area contributed by atoms with Crippen LogP contribution >= 0.6 is 12.4 Å². The summed E-state index contributed by atoms with van der Waals surface area (Å²) in [5.41, 5.74) is 2.07. The monoisotopic (exact) mass is 286 g/mol. The van der Waals surface area contributed by atoms with Crippen molar-refractivity contribution in [3.63, 3.8) is 0 Å². The van der Waals surface area contributed by atoms with Gasteiger partial charge in [-0.25, -0.2) is 0 Å². The Morgan fingerprint density at radius 2 is 2.37 bits per heavy atom. The third-order valence-corrected chi connectivity index (χ3v) is 3.54. The Balaban J connectivity index is 0.00000180. The Hall–Kier alpha value is -1.07. The quantitative estimate of drug-likeness (QED) is 0.881. The molecule has 2 heterocycles. The lowest BCUT2D eigenvalue weighted by Gasteiger charge is -2.24. The number of halogens is 1. The number of nitrogens with one attached hydrogen (secondary N) is 2. The number of piperidine rings is 1. The lowest BCUT2D eigenvalue weighted by Crippen LogP contribution is -2.41. The highest BCUT2D eigenvalue weighted by Gasteiger charge is 2.23. The lowest BCUT2D eigenvalue weighted by atomic mass is 9.98. The van der Waals surface area contributed by atoms with Gasteiger partial charge in [0.15, 0.2) is 0 Å². The molecule has 0 spiro atoms. The van der Waals surface area contributed by atoms with Gasteiger partial charge in [-0.15, -0.1) is 12.4 Å². The zero-order valence-electron chi connectivity index (χ0n) is 11.8. The Labute approximate surface area is 120 Å². The number of hydrogen-bond donors (Lipinski definition) is 2. The molecular weight excluding hydrogens is 264 g/mol. The molecule has 1 amide bonds. The van der Waals surface area contributed by atoms with Crippen LogP contribution in [0.5, 0.6) is 0 Å². The summed E-state index contributed by atoms with van der Waals surface area (Å²) in [4.78, 5) is 12.1. The molecule has 6 heteroatoms. The number of nitrogens with zero attached hydrogens (tertiary/aromatic N) is 2. The van der Waals surface area contributed by atoms with Crippen LogP contribution in [0.3, 0.4) is 0 Å². The molecule has 2 atom stereocenters. The van der Waals surface area contributed by atoms with E-state index in [1.54, 1.807) is 4.68 Å². The zero-order chi connectivity index (χ0) is 13.1. The Bertz CT molecular complexity index is 426. The minimum absolute atomic E-state index is 0. The van der Waals surface area contributed by atoms with E-state index < -0.39 is 0 Å². The molecule has 108 valence electrons. The predicted octanol–water partition coefficient (Wildman–Crippen LogP) is 1.33. The molecule has 0 aliphatic carbocycles. The van der Waals surface area contributed by atoms with E-state index in [1.165, 1.54) is 0 Å². The van der Waals surface area contributed by atoms with Crippen molar-refractivity contribution in [2.75, 3.05) is 13.1 Å². The van der Waals surface area contributed by atoms with Crippen molar-refractivity contribution in [3.05, 3.63) is 17.5 Å². The average Bonchev–Trinajstić information content (AvgIpc) is 2.69. The standard InChI is InChI=1S/C13H22N4O.ClH/c1-9(12-8-17(3)16-10(12)2)15-13(18)11-5-4-6-14-7-11;/h8-9,11,14H,4-7H2,1-3H3,(H,15,18);1H. The summed E-state index contributed by atoms with van der Waals surface area (Å²) in [6.07, 6.45) is 4.04. The highest BCUT2D eigenvalue weighted by molar-refractivity contribution is 5.85. The molecule has 1 aromatic heterocycles. The van der Waals surface area contributed by atoms with E-state index in [1.807, 2.05) is 27.1 Å². The Kier molecular flexibility index (Phi) is 5.82. The van der Waals surface area contributed by atoms with E-state index >= 15 is 0 Å². The first-order chi connectivity index (χ1) is 8.58. The van der Waals surface area contributed by atoms with Gasteiger partial charge in [-0.1, -0.05) is 0 Å². The largest absolute Gasteiger partial charge is 0.349 e. The molecule has 2 unspecified atom stereocenters. The second-order valence-corrected chi connectivity index (χ2v) is 5.12. The van der Waals surface area contributed by atoms with E-state index in [2.05, 4.69) is 15.7 Å². The Morgan fingerprint density at radius 1 is 1.63 bits per heavy atom. The van der Waals surface area contributed by atoms with Crippen molar-refractivity contribution in [1.29, 1.82) is 0 Å². The summed E-state index contributed by atoms with van der Waals surface area (Å²) in [6, 6.07) is 0.0214. The first kappa shape index (κ1) is 16.0. The van der Waals surface area contributed by atoms with Crippen molar-refractivity contribution >= 4 is 18.3 Å². The van der Waals surface area contributed by atoms with Crippen LogP contribution in [0.4, 0.5) is 0 Å². The van der Waals surface area contributed by atoms with Gasteiger partial charge < -0.3 is 10.6 Å².